The van der Waals surface area contributed by atoms with Gasteiger partial charge in [0.15, 0.2) is 5.58 Å². The van der Waals surface area contributed by atoms with Gasteiger partial charge < -0.3 is 13.6 Å². The van der Waals surface area contributed by atoms with Crippen molar-refractivity contribution in [3.8, 4) is 33.6 Å². The number of para-hydroxylation sites is 3. The summed E-state index contributed by atoms with van der Waals surface area (Å²) in [7, 11) is 0. The van der Waals surface area contributed by atoms with Gasteiger partial charge in [-0.05, 0) is 127 Å². The molecule has 1 spiro atoms. The van der Waals surface area contributed by atoms with Crippen molar-refractivity contribution in [3.05, 3.63) is 215 Å². The summed E-state index contributed by atoms with van der Waals surface area (Å²) in [6, 6.07) is 68.8. The second-order valence-corrected chi connectivity index (χ2v) is 20.9. The Kier molecular flexibility index (Phi) is 7.32. The summed E-state index contributed by atoms with van der Waals surface area (Å²) < 4.78 is 12.2. The molecule has 3 aromatic heterocycles. The zero-order chi connectivity index (χ0) is 44.4. The molecule has 0 unspecified atom stereocenters. The smallest absolute Gasteiger partial charge is 0.160 e. The first-order valence-electron chi connectivity index (χ1n) is 23.4. The highest BCUT2D eigenvalue weighted by molar-refractivity contribution is 6.20. The van der Waals surface area contributed by atoms with Gasteiger partial charge in [-0.25, -0.2) is 0 Å². The Hall–Kier alpha value is -7.62. The van der Waals surface area contributed by atoms with E-state index < -0.39 is 5.41 Å². The van der Waals surface area contributed by atoms with Gasteiger partial charge in [0.25, 0.3) is 0 Å². The first-order chi connectivity index (χ1) is 32.0. The van der Waals surface area contributed by atoms with E-state index in [1.807, 2.05) is 0 Å². The molecule has 316 valence electrons. The van der Waals surface area contributed by atoms with Crippen LogP contribution in [0.3, 0.4) is 0 Å². The van der Waals surface area contributed by atoms with Crippen molar-refractivity contribution < 1.29 is 4.42 Å². The molecule has 3 heteroatoms. The van der Waals surface area contributed by atoms with Crippen LogP contribution >= 0.6 is 0 Å². The van der Waals surface area contributed by atoms with Crippen LogP contribution in [0.5, 0.6) is 0 Å². The Morgan fingerprint density at radius 3 is 1.53 bits per heavy atom. The van der Waals surface area contributed by atoms with E-state index in [9.17, 15) is 0 Å². The molecule has 0 amide bonds. The van der Waals surface area contributed by atoms with Crippen LogP contribution in [0, 0.1) is 0 Å². The van der Waals surface area contributed by atoms with Gasteiger partial charge in [-0.3, -0.25) is 0 Å². The molecule has 0 aliphatic heterocycles. The van der Waals surface area contributed by atoms with E-state index in [4.69, 9.17) is 4.42 Å². The summed E-state index contributed by atoms with van der Waals surface area (Å²) in [6.07, 6.45) is 0. The molecule has 0 saturated carbocycles. The van der Waals surface area contributed by atoms with E-state index in [2.05, 4.69) is 233 Å². The fourth-order valence-corrected chi connectivity index (χ4v) is 12.2. The summed E-state index contributed by atoms with van der Waals surface area (Å²) in [5.74, 6) is 0. The lowest BCUT2D eigenvalue weighted by atomic mass is 9.70. The fraction of sp³-hybridized carbons (Fsp3) is 0.143. The lowest BCUT2D eigenvalue weighted by molar-refractivity contribution is 0.591. The molecule has 66 heavy (non-hydrogen) atoms. The molecule has 0 N–H and O–H groups in total. The third-order valence-electron chi connectivity index (χ3n) is 15.2. The normalized spacial score (nSPS) is 14.0. The van der Waals surface area contributed by atoms with E-state index in [0.29, 0.717) is 0 Å². The predicted molar refractivity (Wildman–Crippen MR) is 276 cm³/mol. The second-order valence-electron chi connectivity index (χ2n) is 20.9. The van der Waals surface area contributed by atoms with Gasteiger partial charge in [-0.2, -0.15) is 0 Å². The molecular weight excluding hydrogens is 801 g/mol. The van der Waals surface area contributed by atoms with Crippen LogP contribution in [0.25, 0.3) is 99.2 Å². The predicted octanol–water partition coefficient (Wildman–Crippen LogP) is 16.7. The summed E-state index contributed by atoms with van der Waals surface area (Å²) in [4.78, 5) is 0. The van der Waals surface area contributed by atoms with E-state index >= 15 is 0 Å². The molecule has 0 atom stereocenters. The Morgan fingerprint density at radius 2 is 0.909 bits per heavy atom. The fourth-order valence-electron chi connectivity index (χ4n) is 12.2. The number of rotatable bonds is 2. The zero-order valence-electron chi connectivity index (χ0n) is 38.1. The average molecular weight is 849 g/mol. The third kappa shape index (κ3) is 4.77. The summed E-state index contributed by atoms with van der Waals surface area (Å²) >= 11 is 0. The SMILES string of the molecule is CC(C)(C)c1ccc2c(c1)c1ccccc1n2-c1ccc2c(c1)C1(c3ccccc3-c3ccccc31)c1cc(-n3c4ccccc4c4cc(C(C)(C)C)ccc43)c3oc4ccccc4c3c1-2. The summed E-state index contributed by atoms with van der Waals surface area (Å²) in [6.45, 7) is 13.8. The van der Waals surface area contributed by atoms with Crippen LogP contribution in [0.1, 0.15) is 74.9 Å². The van der Waals surface area contributed by atoms with Crippen molar-refractivity contribution in [2.24, 2.45) is 0 Å². The standard InChI is InChI=1S/C63H48N2O/c1-61(2,3)37-27-31-54-46(33-37)42-19-9-14-24-52(42)64(54)39-29-30-44-50(35-39)63(48-22-12-7-17-40(48)41-18-8-13-23-49(41)63)51-36-56(60-59(58(44)51)45-21-11-16-26-57(45)66-60)65-53-25-15-10-20-43(53)47-34-38(62(4,5)6)28-32-55(47)65/h7-36H,1-6H3. The van der Waals surface area contributed by atoms with Crippen molar-refractivity contribution >= 4 is 65.6 Å². The topological polar surface area (TPSA) is 23.0 Å². The Balaban J connectivity index is 1.15. The van der Waals surface area contributed by atoms with Crippen molar-refractivity contribution in [1.29, 1.82) is 0 Å². The second kappa shape index (κ2) is 12.8. The van der Waals surface area contributed by atoms with Crippen molar-refractivity contribution in [3.63, 3.8) is 0 Å². The van der Waals surface area contributed by atoms with Gasteiger partial charge in [0, 0.05) is 38.0 Å². The van der Waals surface area contributed by atoms with Crippen LogP contribution < -0.4 is 0 Å². The summed E-state index contributed by atoms with van der Waals surface area (Å²) in [5.41, 5.74) is 21.1. The van der Waals surface area contributed by atoms with Crippen LogP contribution in [-0.4, -0.2) is 9.13 Å². The van der Waals surface area contributed by atoms with Gasteiger partial charge in [0.05, 0.1) is 33.2 Å². The van der Waals surface area contributed by atoms with Crippen LogP contribution in [-0.2, 0) is 16.2 Å². The van der Waals surface area contributed by atoms with E-state index in [0.717, 1.165) is 33.3 Å². The third-order valence-corrected chi connectivity index (χ3v) is 15.2. The average Bonchev–Trinajstić information content (AvgIpc) is 4.11. The number of aromatic nitrogens is 2. The van der Waals surface area contributed by atoms with Crippen LogP contribution in [0.4, 0.5) is 0 Å². The first-order valence-corrected chi connectivity index (χ1v) is 23.4. The quantitative estimate of drug-likeness (QED) is 0.170. The zero-order valence-corrected chi connectivity index (χ0v) is 38.1. The van der Waals surface area contributed by atoms with Crippen molar-refractivity contribution in [1.82, 2.24) is 9.13 Å². The van der Waals surface area contributed by atoms with E-state index in [1.54, 1.807) is 0 Å². The van der Waals surface area contributed by atoms with Crippen LogP contribution in [0.2, 0.25) is 0 Å². The maximum absolute atomic E-state index is 7.20. The molecule has 3 nitrogen and oxygen atoms in total. The van der Waals surface area contributed by atoms with E-state index in [1.165, 1.54) is 99.2 Å². The molecule has 2 aliphatic rings. The van der Waals surface area contributed by atoms with Gasteiger partial charge in [-0.1, -0.05) is 163 Å². The molecule has 0 bridgehead atoms. The minimum Gasteiger partial charge on any atom is -0.454 e. The largest absolute Gasteiger partial charge is 0.454 e. The molecule has 9 aromatic carbocycles. The molecule has 0 saturated heterocycles. The van der Waals surface area contributed by atoms with E-state index in [-0.39, 0.29) is 10.8 Å². The minimum atomic E-state index is -0.620. The van der Waals surface area contributed by atoms with Crippen molar-refractivity contribution in [2.45, 2.75) is 57.8 Å². The summed E-state index contributed by atoms with van der Waals surface area (Å²) in [5, 5.41) is 7.33. The maximum Gasteiger partial charge on any atom is 0.160 e. The molecule has 14 rings (SSSR count). The number of benzene rings is 9. The molecule has 2 aliphatic carbocycles. The molecule has 12 aromatic rings. The van der Waals surface area contributed by atoms with Gasteiger partial charge in [0.1, 0.15) is 5.58 Å². The highest BCUT2D eigenvalue weighted by Gasteiger charge is 2.53. The number of fused-ring (bicyclic) bond motifs is 20. The number of nitrogens with zero attached hydrogens (tertiary/aromatic N) is 2. The van der Waals surface area contributed by atoms with Crippen LogP contribution in [0.15, 0.2) is 186 Å². The first kappa shape index (κ1) is 37.7. The lowest BCUT2D eigenvalue weighted by Crippen LogP contribution is -2.26. The minimum absolute atomic E-state index is 0.00578. The number of furan rings is 1. The van der Waals surface area contributed by atoms with Gasteiger partial charge in [-0.15, -0.1) is 0 Å². The Labute approximate surface area is 384 Å². The Morgan fingerprint density at radius 1 is 0.394 bits per heavy atom. The molecule has 0 fully saturated rings. The number of hydrogen-bond acceptors (Lipinski definition) is 1. The van der Waals surface area contributed by atoms with Gasteiger partial charge >= 0.3 is 0 Å². The molecule has 0 radical (unpaired) electrons. The lowest BCUT2D eigenvalue weighted by Gasteiger charge is -2.31. The maximum atomic E-state index is 7.20. The monoisotopic (exact) mass is 848 g/mol. The Bertz CT molecular complexity index is 4030. The van der Waals surface area contributed by atoms with Crippen molar-refractivity contribution in [2.75, 3.05) is 0 Å². The molecule has 3 heterocycles. The number of hydrogen-bond donors (Lipinski definition) is 0. The van der Waals surface area contributed by atoms with Gasteiger partial charge in [0.2, 0.25) is 0 Å². The molecular formula is C63H48N2O. The highest BCUT2D eigenvalue weighted by atomic mass is 16.3. The highest BCUT2D eigenvalue weighted by Crippen LogP contribution is 2.65.